The Morgan fingerprint density at radius 1 is 0.275 bits per heavy atom. The summed E-state index contributed by atoms with van der Waals surface area (Å²) in [5.41, 5.74) is 15.5. The monoisotopic (exact) mass is 892 g/mol. The minimum absolute atomic E-state index is 0.839. The minimum Gasteiger partial charge on any atom is -0.252 e. The first-order valence-electron chi connectivity index (χ1n) is 23.5. The molecule has 0 amide bonds. The van der Waals surface area contributed by atoms with Crippen molar-refractivity contribution in [1.82, 2.24) is 9.97 Å². The molecule has 2 aromatic heterocycles. The van der Waals surface area contributed by atoms with E-state index in [0.29, 0.717) is 0 Å². The van der Waals surface area contributed by atoms with Gasteiger partial charge in [0.2, 0.25) is 0 Å². The predicted molar refractivity (Wildman–Crippen MR) is 295 cm³/mol. The van der Waals surface area contributed by atoms with Gasteiger partial charge in [0.1, 0.15) is 0 Å². The van der Waals surface area contributed by atoms with Crippen molar-refractivity contribution in [3.63, 3.8) is 0 Å². The summed E-state index contributed by atoms with van der Waals surface area (Å²) in [6.07, 6.45) is 1.96. The zero-order chi connectivity index (χ0) is 45.4. The average Bonchev–Trinajstić information content (AvgIpc) is 3.82. The Balaban J connectivity index is 0.872. The Kier molecular flexibility index (Phi) is 9.11. The molecule has 69 heavy (non-hydrogen) atoms. The molecule has 0 aliphatic heterocycles. The van der Waals surface area contributed by atoms with Gasteiger partial charge in [0.15, 0.2) is 0 Å². The third kappa shape index (κ3) is 6.62. The zero-order valence-electron chi connectivity index (χ0n) is 37.4. The molecular weight excluding hydrogens is 853 g/mol. The summed E-state index contributed by atoms with van der Waals surface area (Å²) < 4.78 is 2.66. The summed E-state index contributed by atoms with van der Waals surface area (Å²) in [5.74, 6) is 0. The largest absolute Gasteiger partial charge is 0.252 e. The van der Waals surface area contributed by atoms with Crippen LogP contribution in [0.5, 0.6) is 0 Å². The summed E-state index contributed by atoms with van der Waals surface area (Å²) in [5, 5.41) is 12.1. The van der Waals surface area contributed by atoms with Crippen molar-refractivity contribution in [1.29, 1.82) is 0 Å². The second kappa shape index (κ2) is 16.0. The van der Waals surface area contributed by atoms with Crippen molar-refractivity contribution < 1.29 is 0 Å². The Hall–Kier alpha value is -8.76. The van der Waals surface area contributed by atoms with Crippen molar-refractivity contribution >= 4 is 85.6 Å². The zero-order valence-corrected chi connectivity index (χ0v) is 38.2. The van der Waals surface area contributed by atoms with Crippen LogP contribution in [0.1, 0.15) is 0 Å². The van der Waals surface area contributed by atoms with Crippen LogP contribution in [0.15, 0.2) is 243 Å². The molecule has 0 unspecified atom stereocenters. The first-order chi connectivity index (χ1) is 34.2. The molecule has 14 aromatic rings. The molecule has 320 valence electrons. The first-order valence-corrected chi connectivity index (χ1v) is 24.3. The topological polar surface area (TPSA) is 25.8 Å². The van der Waals surface area contributed by atoms with Crippen molar-refractivity contribution in [3.05, 3.63) is 243 Å². The number of aromatic nitrogens is 2. The van der Waals surface area contributed by atoms with E-state index in [1.54, 1.807) is 0 Å². The number of nitrogens with zero attached hydrogens (tertiary/aromatic N) is 2. The second-order valence-electron chi connectivity index (χ2n) is 18.0. The van der Waals surface area contributed by atoms with E-state index in [4.69, 9.17) is 9.97 Å². The van der Waals surface area contributed by atoms with Crippen LogP contribution in [0.2, 0.25) is 0 Å². The molecule has 2 nitrogen and oxygen atoms in total. The van der Waals surface area contributed by atoms with Crippen molar-refractivity contribution in [2.24, 2.45) is 0 Å². The lowest BCUT2D eigenvalue weighted by molar-refractivity contribution is 1.31. The maximum Gasteiger partial charge on any atom is 0.0979 e. The molecular formula is C66H40N2S. The van der Waals surface area contributed by atoms with Gasteiger partial charge in [0.25, 0.3) is 0 Å². The molecule has 2 heterocycles. The highest BCUT2D eigenvalue weighted by molar-refractivity contribution is 7.26. The quantitative estimate of drug-likeness (QED) is 0.155. The van der Waals surface area contributed by atoms with Crippen LogP contribution in [0.4, 0.5) is 0 Å². The summed E-state index contributed by atoms with van der Waals surface area (Å²) in [6.45, 7) is 0. The van der Waals surface area contributed by atoms with Gasteiger partial charge in [-0.15, -0.1) is 11.3 Å². The van der Waals surface area contributed by atoms with Gasteiger partial charge in [0.05, 0.1) is 22.9 Å². The molecule has 0 radical (unpaired) electrons. The lowest BCUT2D eigenvalue weighted by atomic mass is 9.91. The van der Waals surface area contributed by atoms with E-state index in [1.807, 2.05) is 17.5 Å². The number of hydrogen-bond acceptors (Lipinski definition) is 3. The van der Waals surface area contributed by atoms with Crippen LogP contribution < -0.4 is 0 Å². The van der Waals surface area contributed by atoms with Gasteiger partial charge in [-0.2, -0.15) is 0 Å². The highest BCUT2D eigenvalue weighted by Gasteiger charge is 2.17. The summed E-state index contributed by atoms with van der Waals surface area (Å²) >= 11 is 1.87. The van der Waals surface area contributed by atoms with Gasteiger partial charge in [-0.25, -0.2) is 4.98 Å². The molecule has 0 bridgehead atoms. The van der Waals surface area contributed by atoms with E-state index in [0.717, 1.165) is 66.1 Å². The Bertz CT molecular complexity index is 4360. The van der Waals surface area contributed by atoms with E-state index in [1.165, 1.54) is 75.1 Å². The summed E-state index contributed by atoms with van der Waals surface area (Å²) in [6, 6.07) is 86.2. The molecule has 0 N–H and O–H groups in total. The highest BCUT2D eigenvalue weighted by Crippen LogP contribution is 2.43. The lowest BCUT2D eigenvalue weighted by Gasteiger charge is -2.15. The fourth-order valence-corrected chi connectivity index (χ4v) is 11.9. The second-order valence-corrected chi connectivity index (χ2v) is 19.1. The first kappa shape index (κ1) is 39.4. The fraction of sp³-hybridized carbons (Fsp3) is 0. The molecule has 14 rings (SSSR count). The maximum atomic E-state index is 5.58. The van der Waals surface area contributed by atoms with Crippen LogP contribution in [0, 0.1) is 0 Å². The molecule has 0 saturated carbocycles. The average molecular weight is 893 g/mol. The molecule has 0 aliphatic carbocycles. The maximum absolute atomic E-state index is 5.58. The predicted octanol–water partition coefficient (Wildman–Crippen LogP) is 18.6. The van der Waals surface area contributed by atoms with Crippen molar-refractivity contribution in [2.45, 2.75) is 0 Å². The van der Waals surface area contributed by atoms with E-state index >= 15 is 0 Å². The Morgan fingerprint density at radius 2 is 0.754 bits per heavy atom. The minimum atomic E-state index is 0.839. The number of rotatable bonds is 6. The van der Waals surface area contributed by atoms with Crippen LogP contribution in [-0.2, 0) is 0 Å². The van der Waals surface area contributed by atoms with Gasteiger partial charge < -0.3 is 0 Å². The molecule has 0 saturated heterocycles. The van der Waals surface area contributed by atoms with Crippen LogP contribution >= 0.6 is 11.3 Å². The standard InChI is InChI=1S/C66H40N2S/c1-3-20-51-42(12-1)14-9-23-53(51)48-32-34-56-57-35-33-49(54-24-10-15-43-13-2-4-21-52(43)54)39-61(57)65-64(60(56)38-48)67-40-62(68-65)50-19-8-18-47(37-50)46-17-7-16-45(36-46)41-28-30-44(31-29-41)55-25-11-26-59-58-22-5-6-27-63(58)69-66(55)59/h1-40H. The number of benzene rings is 12. The van der Waals surface area contributed by atoms with Crippen LogP contribution in [0.25, 0.3) is 141 Å². The third-order valence-corrected chi connectivity index (χ3v) is 15.3. The van der Waals surface area contributed by atoms with E-state index in [-0.39, 0.29) is 0 Å². The number of thiophene rings is 1. The van der Waals surface area contributed by atoms with E-state index < -0.39 is 0 Å². The SMILES string of the molecule is c1cc(-c2ccc(-c3cccc4c3sc3ccccc34)cc2)cc(-c2cccc(-c3cnc4c5cc(-c6cccc7ccccc67)ccc5c5ccc(-c6cccc7ccccc67)cc5c4n3)c2)c1. The van der Waals surface area contributed by atoms with Gasteiger partial charge in [0, 0.05) is 36.5 Å². The van der Waals surface area contributed by atoms with E-state index in [9.17, 15) is 0 Å². The lowest BCUT2D eigenvalue weighted by Crippen LogP contribution is -1.94. The normalized spacial score (nSPS) is 11.8. The van der Waals surface area contributed by atoms with Crippen molar-refractivity contribution in [2.75, 3.05) is 0 Å². The molecule has 0 spiro atoms. The van der Waals surface area contributed by atoms with Crippen LogP contribution in [-0.4, -0.2) is 9.97 Å². The van der Waals surface area contributed by atoms with Crippen molar-refractivity contribution in [3.8, 4) is 66.9 Å². The van der Waals surface area contributed by atoms with Crippen LogP contribution in [0.3, 0.4) is 0 Å². The summed E-state index contributed by atoms with van der Waals surface area (Å²) in [4.78, 5) is 10.9. The number of hydrogen-bond donors (Lipinski definition) is 0. The van der Waals surface area contributed by atoms with E-state index in [2.05, 4.69) is 237 Å². The number of fused-ring (bicyclic) bond motifs is 11. The highest BCUT2D eigenvalue weighted by atomic mass is 32.1. The molecule has 0 aliphatic rings. The molecule has 0 atom stereocenters. The third-order valence-electron chi connectivity index (χ3n) is 14.1. The Morgan fingerprint density at radius 3 is 1.43 bits per heavy atom. The summed E-state index contributed by atoms with van der Waals surface area (Å²) in [7, 11) is 0. The molecule has 0 fully saturated rings. The molecule has 12 aromatic carbocycles. The van der Waals surface area contributed by atoms with Gasteiger partial charge in [-0.3, -0.25) is 4.98 Å². The van der Waals surface area contributed by atoms with Gasteiger partial charge >= 0.3 is 0 Å². The Labute approximate surface area is 403 Å². The fourth-order valence-electron chi connectivity index (χ4n) is 10.7. The van der Waals surface area contributed by atoms with Gasteiger partial charge in [-0.05, 0) is 118 Å². The smallest absolute Gasteiger partial charge is 0.0979 e. The molecule has 3 heteroatoms. The van der Waals surface area contributed by atoms with Gasteiger partial charge in [-0.1, -0.05) is 206 Å².